The van der Waals surface area contributed by atoms with Crippen LogP contribution < -0.4 is 0 Å². The van der Waals surface area contributed by atoms with Crippen molar-refractivity contribution in [1.29, 1.82) is 0 Å². The lowest BCUT2D eigenvalue weighted by molar-refractivity contribution is 0.129. The van der Waals surface area contributed by atoms with Gasteiger partial charge in [0.15, 0.2) is 0 Å². The maximum Gasteiger partial charge on any atom is 0.0542 e. The summed E-state index contributed by atoms with van der Waals surface area (Å²) in [5, 5.41) is 9.79. The number of aliphatic hydroxyl groups excluding tert-OH is 1. The molecule has 0 rings (SSSR count). The van der Waals surface area contributed by atoms with E-state index in [2.05, 4.69) is 27.7 Å². The van der Waals surface area contributed by atoms with Crippen LogP contribution in [0.2, 0.25) is 0 Å². The van der Waals surface area contributed by atoms with E-state index in [-0.39, 0.29) is 6.10 Å². The molecule has 0 aliphatic heterocycles. The van der Waals surface area contributed by atoms with Crippen molar-refractivity contribution in [3.05, 3.63) is 0 Å². The molecule has 0 unspecified atom stereocenters. The van der Waals surface area contributed by atoms with Gasteiger partial charge in [0.25, 0.3) is 0 Å². The Morgan fingerprint density at radius 3 is 2.13 bits per heavy atom. The van der Waals surface area contributed by atoms with Crippen LogP contribution in [0.15, 0.2) is 0 Å². The van der Waals surface area contributed by atoms with Crippen LogP contribution in [0.5, 0.6) is 0 Å². The van der Waals surface area contributed by atoms with Crippen LogP contribution in [0.4, 0.5) is 0 Å². The molecule has 0 radical (unpaired) electrons. The maximum atomic E-state index is 9.79. The molecule has 0 aromatic heterocycles. The minimum absolute atomic E-state index is 0.0688. The van der Waals surface area contributed by atoms with Crippen molar-refractivity contribution < 1.29 is 5.11 Å². The summed E-state index contributed by atoms with van der Waals surface area (Å²) in [5.74, 6) is 1.46. The highest BCUT2D eigenvalue weighted by atomic mass is 16.3. The smallest absolute Gasteiger partial charge is 0.0542 e. The van der Waals surface area contributed by atoms with Gasteiger partial charge in [0.05, 0.1) is 6.10 Å². The Labute approximate surface area is 96.3 Å². The molecule has 0 bridgehead atoms. The molecule has 2 atom stereocenters. The molecule has 0 fully saturated rings. The van der Waals surface area contributed by atoms with Crippen LogP contribution in [0.25, 0.3) is 0 Å². The Balaban J connectivity index is 3.60. The number of aliphatic hydroxyl groups is 1. The molecular formula is C14H30O. The van der Waals surface area contributed by atoms with Crippen LogP contribution in [0.1, 0.15) is 72.6 Å². The minimum Gasteiger partial charge on any atom is -0.393 e. The summed E-state index contributed by atoms with van der Waals surface area (Å²) in [6.45, 7) is 8.88. The van der Waals surface area contributed by atoms with Crippen LogP contribution in [-0.4, -0.2) is 11.2 Å². The first kappa shape index (κ1) is 15.0. The zero-order valence-corrected chi connectivity index (χ0v) is 11.1. The first-order valence-electron chi connectivity index (χ1n) is 6.78. The molecule has 1 heteroatoms. The minimum atomic E-state index is -0.0688. The van der Waals surface area contributed by atoms with Crippen LogP contribution in [0.3, 0.4) is 0 Å². The largest absolute Gasteiger partial charge is 0.393 e. The molecule has 0 saturated heterocycles. The van der Waals surface area contributed by atoms with E-state index in [1.165, 1.54) is 32.1 Å². The molecule has 0 aliphatic rings. The van der Waals surface area contributed by atoms with Gasteiger partial charge in [-0.3, -0.25) is 0 Å². The molecule has 15 heavy (non-hydrogen) atoms. The van der Waals surface area contributed by atoms with Crippen molar-refractivity contribution in [3.63, 3.8) is 0 Å². The molecule has 0 aromatic rings. The van der Waals surface area contributed by atoms with Gasteiger partial charge in [-0.2, -0.15) is 0 Å². The summed E-state index contributed by atoms with van der Waals surface area (Å²) in [6, 6.07) is 0. The Morgan fingerprint density at radius 2 is 1.67 bits per heavy atom. The van der Waals surface area contributed by atoms with Gasteiger partial charge in [0.1, 0.15) is 0 Å². The fourth-order valence-corrected chi connectivity index (χ4v) is 2.14. The summed E-state index contributed by atoms with van der Waals surface area (Å²) in [5.41, 5.74) is 0. The zero-order valence-electron chi connectivity index (χ0n) is 11.1. The van der Waals surface area contributed by atoms with E-state index in [9.17, 15) is 5.11 Å². The third-order valence-corrected chi connectivity index (χ3v) is 3.19. The monoisotopic (exact) mass is 214 g/mol. The fraction of sp³-hybridized carbons (Fsp3) is 1.00. The van der Waals surface area contributed by atoms with Crippen molar-refractivity contribution in [1.82, 2.24) is 0 Å². The Morgan fingerprint density at radius 1 is 1.00 bits per heavy atom. The topological polar surface area (TPSA) is 20.2 Å². The highest BCUT2D eigenvalue weighted by molar-refractivity contribution is 4.63. The van der Waals surface area contributed by atoms with E-state index >= 15 is 0 Å². The lowest BCUT2D eigenvalue weighted by atomic mass is 9.91. The molecule has 0 spiro atoms. The van der Waals surface area contributed by atoms with E-state index < -0.39 is 0 Å². The van der Waals surface area contributed by atoms with Gasteiger partial charge in [-0.05, 0) is 31.1 Å². The molecule has 0 amide bonds. The summed E-state index contributed by atoms with van der Waals surface area (Å²) < 4.78 is 0. The van der Waals surface area contributed by atoms with Crippen molar-refractivity contribution in [2.24, 2.45) is 11.8 Å². The summed E-state index contributed by atoms with van der Waals surface area (Å²) in [4.78, 5) is 0. The van der Waals surface area contributed by atoms with E-state index in [0.29, 0.717) is 5.92 Å². The second-order valence-corrected chi connectivity index (χ2v) is 5.28. The van der Waals surface area contributed by atoms with E-state index in [0.717, 1.165) is 18.8 Å². The second kappa shape index (κ2) is 9.21. The molecule has 0 aliphatic carbocycles. The molecular weight excluding hydrogens is 184 g/mol. The molecule has 0 heterocycles. The van der Waals surface area contributed by atoms with Gasteiger partial charge < -0.3 is 5.11 Å². The maximum absolute atomic E-state index is 9.79. The van der Waals surface area contributed by atoms with Crippen molar-refractivity contribution >= 4 is 0 Å². The van der Waals surface area contributed by atoms with Gasteiger partial charge in [-0.1, -0.05) is 53.4 Å². The Bertz CT molecular complexity index is 131. The molecule has 0 saturated carbocycles. The number of hydrogen-bond donors (Lipinski definition) is 1. The van der Waals surface area contributed by atoms with Gasteiger partial charge in [0.2, 0.25) is 0 Å². The normalized spacial score (nSPS) is 15.6. The average Bonchev–Trinajstić information content (AvgIpc) is 2.17. The first-order chi connectivity index (χ1) is 7.10. The SMILES string of the molecule is CCCC[C@@H](CC)CC[C@H](O)CC(C)C. The molecule has 92 valence electrons. The van der Waals surface area contributed by atoms with Gasteiger partial charge in [-0.15, -0.1) is 0 Å². The average molecular weight is 214 g/mol. The first-order valence-corrected chi connectivity index (χ1v) is 6.78. The highest BCUT2D eigenvalue weighted by Crippen LogP contribution is 2.21. The predicted molar refractivity (Wildman–Crippen MR) is 68.0 cm³/mol. The van der Waals surface area contributed by atoms with Crippen LogP contribution in [0, 0.1) is 11.8 Å². The fourth-order valence-electron chi connectivity index (χ4n) is 2.14. The number of unbranched alkanes of at least 4 members (excludes halogenated alkanes) is 1. The lowest BCUT2D eigenvalue weighted by Gasteiger charge is -2.18. The second-order valence-electron chi connectivity index (χ2n) is 5.28. The molecule has 1 N–H and O–H groups in total. The van der Waals surface area contributed by atoms with Crippen LogP contribution in [-0.2, 0) is 0 Å². The van der Waals surface area contributed by atoms with E-state index in [1.807, 2.05) is 0 Å². The van der Waals surface area contributed by atoms with E-state index in [1.54, 1.807) is 0 Å². The molecule has 1 nitrogen and oxygen atoms in total. The highest BCUT2D eigenvalue weighted by Gasteiger charge is 2.11. The summed E-state index contributed by atoms with van der Waals surface area (Å²) in [7, 11) is 0. The van der Waals surface area contributed by atoms with Crippen molar-refractivity contribution in [2.75, 3.05) is 0 Å². The van der Waals surface area contributed by atoms with Gasteiger partial charge in [0, 0.05) is 0 Å². The standard InChI is InChI=1S/C14H30O/c1-5-7-8-13(6-2)9-10-14(15)11-12(3)4/h12-15H,5-11H2,1-4H3/t13-,14+/m1/s1. The predicted octanol–water partition coefficient (Wildman–Crippen LogP) is 4.39. The number of rotatable bonds is 9. The Hall–Kier alpha value is -0.0400. The quantitative estimate of drug-likeness (QED) is 0.603. The van der Waals surface area contributed by atoms with Crippen molar-refractivity contribution in [3.8, 4) is 0 Å². The van der Waals surface area contributed by atoms with Gasteiger partial charge >= 0.3 is 0 Å². The third kappa shape index (κ3) is 8.92. The number of hydrogen-bond acceptors (Lipinski definition) is 1. The lowest BCUT2D eigenvalue weighted by Crippen LogP contribution is -2.12. The summed E-state index contributed by atoms with van der Waals surface area (Å²) >= 11 is 0. The molecule has 0 aromatic carbocycles. The third-order valence-electron chi connectivity index (χ3n) is 3.19. The van der Waals surface area contributed by atoms with Crippen molar-refractivity contribution in [2.45, 2.75) is 78.7 Å². The van der Waals surface area contributed by atoms with E-state index in [4.69, 9.17) is 0 Å². The van der Waals surface area contributed by atoms with Crippen LogP contribution >= 0.6 is 0 Å². The zero-order chi connectivity index (χ0) is 11.7. The Kier molecular flexibility index (Phi) is 9.18. The van der Waals surface area contributed by atoms with Gasteiger partial charge in [-0.25, -0.2) is 0 Å². The summed E-state index contributed by atoms with van der Waals surface area (Å²) in [6.07, 6.45) is 8.37.